The van der Waals surface area contributed by atoms with Gasteiger partial charge in [-0.3, -0.25) is 4.79 Å². The molecule has 1 atom stereocenters. The Morgan fingerprint density at radius 2 is 1.84 bits per heavy atom. The number of aryl methyl sites for hydroxylation is 1. The highest BCUT2D eigenvalue weighted by Crippen LogP contribution is 2.25. The molecule has 1 heterocycles. The molecule has 0 bridgehead atoms. The molecule has 2 rings (SSSR count). The van der Waals surface area contributed by atoms with Crippen LogP contribution in [-0.4, -0.2) is 45.4 Å². The topological polar surface area (TPSA) is 57.6 Å². The van der Waals surface area contributed by atoms with Crippen molar-refractivity contribution in [1.29, 1.82) is 0 Å². The maximum Gasteiger partial charge on any atom is 0.322 e. The van der Waals surface area contributed by atoms with Crippen LogP contribution < -0.4 is 5.32 Å². The van der Waals surface area contributed by atoms with Crippen LogP contribution in [0.2, 0.25) is 10.0 Å². The summed E-state index contributed by atoms with van der Waals surface area (Å²) in [4.78, 5) is 29.7. The number of anilines is 1. The van der Waals surface area contributed by atoms with Crippen molar-refractivity contribution in [2.75, 3.05) is 18.4 Å². The smallest absolute Gasteiger partial charge is 0.322 e. The van der Waals surface area contributed by atoms with E-state index in [0.29, 0.717) is 34.7 Å². The molecule has 1 aromatic carbocycles. The number of nitrogens with one attached hydrogen (secondary N) is 1. The van der Waals surface area contributed by atoms with E-state index < -0.39 is 0 Å². The molecular weight excluding hydrogens is 435 g/mol. The zero-order valence-corrected chi connectivity index (χ0v) is 20.4. The summed E-state index contributed by atoms with van der Waals surface area (Å²) in [5.74, 6) is 0.228. The van der Waals surface area contributed by atoms with E-state index in [1.807, 2.05) is 48.7 Å². The molecule has 1 N–H and O–H groups in total. The van der Waals surface area contributed by atoms with E-state index in [0.717, 1.165) is 12.1 Å². The van der Waals surface area contributed by atoms with Gasteiger partial charge in [-0.2, -0.15) is 0 Å². The van der Waals surface area contributed by atoms with Crippen LogP contribution in [0.15, 0.2) is 36.5 Å². The van der Waals surface area contributed by atoms with Crippen LogP contribution in [0, 0.1) is 5.92 Å². The Morgan fingerprint density at radius 1 is 1.13 bits per heavy atom. The lowest BCUT2D eigenvalue weighted by Gasteiger charge is -2.32. The molecular formula is C23H32Cl2N4O2. The molecule has 8 heteroatoms. The van der Waals surface area contributed by atoms with E-state index in [9.17, 15) is 9.59 Å². The number of carbonyl (C=O) groups excluding carboxylic acids is 2. The van der Waals surface area contributed by atoms with Gasteiger partial charge < -0.3 is 19.7 Å². The van der Waals surface area contributed by atoms with Crippen LogP contribution in [-0.2, 0) is 18.4 Å². The summed E-state index contributed by atoms with van der Waals surface area (Å²) in [6, 6.07) is 8.42. The lowest BCUT2D eigenvalue weighted by Crippen LogP contribution is -2.48. The van der Waals surface area contributed by atoms with Crippen LogP contribution >= 0.6 is 23.2 Å². The number of carbonyl (C=O) groups is 2. The van der Waals surface area contributed by atoms with Gasteiger partial charge in [0, 0.05) is 37.2 Å². The summed E-state index contributed by atoms with van der Waals surface area (Å²) in [6.07, 6.45) is 2.69. The number of benzene rings is 1. The lowest BCUT2D eigenvalue weighted by atomic mass is 10.2. The number of aromatic nitrogens is 1. The molecule has 0 radical (unpaired) electrons. The molecule has 1 aromatic heterocycles. The van der Waals surface area contributed by atoms with Crippen molar-refractivity contribution >= 4 is 40.8 Å². The van der Waals surface area contributed by atoms with Gasteiger partial charge in [-0.1, -0.05) is 44.0 Å². The van der Waals surface area contributed by atoms with Crippen LogP contribution in [0.1, 0.15) is 39.8 Å². The number of halogens is 2. The van der Waals surface area contributed by atoms with Gasteiger partial charge in [0.25, 0.3) is 0 Å². The Morgan fingerprint density at radius 3 is 2.39 bits per heavy atom. The van der Waals surface area contributed by atoms with Crippen molar-refractivity contribution in [2.45, 2.75) is 46.7 Å². The van der Waals surface area contributed by atoms with E-state index in [4.69, 9.17) is 23.2 Å². The second kappa shape index (κ2) is 11.4. The van der Waals surface area contributed by atoms with Crippen LogP contribution in [0.25, 0.3) is 0 Å². The van der Waals surface area contributed by atoms with E-state index in [1.54, 1.807) is 23.1 Å². The fourth-order valence-electron chi connectivity index (χ4n) is 3.21. The van der Waals surface area contributed by atoms with Crippen molar-refractivity contribution in [3.05, 3.63) is 52.3 Å². The van der Waals surface area contributed by atoms with Gasteiger partial charge in [-0.25, -0.2) is 4.79 Å². The minimum absolute atomic E-state index is 0.000690. The fraction of sp³-hybridized carbons (Fsp3) is 0.478. The molecule has 0 spiro atoms. The van der Waals surface area contributed by atoms with Gasteiger partial charge in [-0.05, 0) is 49.6 Å². The van der Waals surface area contributed by atoms with Gasteiger partial charge >= 0.3 is 6.03 Å². The molecule has 0 aliphatic carbocycles. The minimum Gasteiger partial charge on any atom is -0.353 e. The average Bonchev–Trinajstić information content (AvgIpc) is 3.11. The number of hydrogen-bond donors (Lipinski definition) is 1. The van der Waals surface area contributed by atoms with Gasteiger partial charge in [0.1, 0.15) is 6.54 Å². The summed E-state index contributed by atoms with van der Waals surface area (Å²) in [5, 5.41) is 3.61. The monoisotopic (exact) mass is 466 g/mol. The number of hydrogen-bond acceptors (Lipinski definition) is 2. The SMILES string of the molecule is CCC(C)N(CC(=O)N(Cc1cccn1C)CC(C)C)C(=O)Nc1ccc(Cl)c(Cl)c1. The van der Waals surface area contributed by atoms with E-state index in [1.165, 1.54) is 0 Å². The number of nitrogens with zero attached hydrogens (tertiary/aromatic N) is 3. The van der Waals surface area contributed by atoms with Crippen molar-refractivity contribution < 1.29 is 9.59 Å². The average molecular weight is 467 g/mol. The zero-order valence-electron chi connectivity index (χ0n) is 18.9. The highest BCUT2D eigenvalue weighted by atomic mass is 35.5. The molecule has 0 fully saturated rings. The number of rotatable bonds is 9. The predicted molar refractivity (Wildman–Crippen MR) is 128 cm³/mol. The summed E-state index contributed by atoms with van der Waals surface area (Å²) in [6.45, 7) is 9.20. The summed E-state index contributed by atoms with van der Waals surface area (Å²) < 4.78 is 2.00. The standard InChI is InChI=1S/C23H32Cl2N4O2/c1-6-17(4)29(23(31)26-18-9-10-20(24)21(25)12-18)15-22(30)28(13-16(2)3)14-19-8-7-11-27(19)5/h7-12,16-17H,6,13-15H2,1-5H3,(H,26,31). The molecule has 2 aromatic rings. The number of amides is 3. The molecule has 6 nitrogen and oxygen atoms in total. The second-order valence-electron chi connectivity index (χ2n) is 8.22. The third-order valence-corrected chi connectivity index (χ3v) is 5.94. The van der Waals surface area contributed by atoms with Crippen molar-refractivity contribution in [1.82, 2.24) is 14.4 Å². The van der Waals surface area contributed by atoms with Crippen LogP contribution in [0.5, 0.6) is 0 Å². The normalized spacial score (nSPS) is 12.0. The van der Waals surface area contributed by atoms with Gasteiger partial charge in [0.15, 0.2) is 0 Å². The van der Waals surface area contributed by atoms with Gasteiger partial charge in [0.2, 0.25) is 5.91 Å². The minimum atomic E-state index is -0.343. The third kappa shape index (κ3) is 7.18. The Labute approximate surface area is 195 Å². The van der Waals surface area contributed by atoms with E-state index in [2.05, 4.69) is 19.2 Å². The van der Waals surface area contributed by atoms with E-state index >= 15 is 0 Å². The molecule has 170 valence electrons. The maximum absolute atomic E-state index is 13.3. The molecule has 0 saturated heterocycles. The predicted octanol–water partition coefficient (Wildman–Crippen LogP) is 5.65. The maximum atomic E-state index is 13.3. The van der Waals surface area contributed by atoms with Crippen LogP contribution in [0.3, 0.4) is 0 Å². The van der Waals surface area contributed by atoms with E-state index in [-0.39, 0.29) is 24.5 Å². The molecule has 0 aliphatic rings. The highest BCUT2D eigenvalue weighted by Gasteiger charge is 2.26. The summed E-state index contributed by atoms with van der Waals surface area (Å²) in [7, 11) is 1.96. The van der Waals surface area contributed by atoms with Crippen molar-refractivity contribution in [3.63, 3.8) is 0 Å². The molecule has 0 saturated carbocycles. The first-order valence-corrected chi connectivity index (χ1v) is 11.3. The molecule has 1 unspecified atom stereocenters. The lowest BCUT2D eigenvalue weighted by molar-refractivity contribution is -0.133. The highest BCUT2D eigenvalue weighted by molar-refractivity contribution is 6.42. The first kappa shape index (κ1) is 25.1. The Hall–Kier alpha value is -2.18. The Balaban J connectivity index is 2.17. The third-order valence-electron chi connectivity index (χ3n) is 5.20. The quantitative estimate of drug-likeness (QED) is 0.518. The zero-order chi connectivity index (χ0) is 23.1. The van der Waals surface area contributed by atoms with Crippen LogP contribution in [0.4, 0.5) is 10.5 Å². The van der Waals surface area contributed by atoms with Gasteiger partial charge in [-0.15, -0.1) is 0 Å². The second-order valence-corrected chi connectivity index (χ2v) is 9.04. The fourth-order valence-corrected chi connectivity index (χ4v) is 3.51. The largest absolute Gasteiger partial charge is 0.353 e. The molecule has 0 aliphatic heterocycles. The molecule has 31 heavy (non-hydrogen) atoms. The summed E-state index contributed by atoms with van der Waals surface area (Å²) >= 11 is 12.0. The first-order chi connectivity index (χ1) is 14.6. The van der Waals surface area contributed by atoms with Crippen molar-refractivity contribution in [3.8, 4) is 0 Å². The van der Waals surface area contributed by atoms with Gasteiger partial charge in [0.05, 0.1) is 16.6 Å². The Kier molecular flexibility index (Phi) is 9.26. The summed E-state index contributed by atoms with van der Waals surface area (Å²) in [5.41, 5.74) is 1.58. The first-order valence-electron chi connectivity index (χ1n) is 10.5. The number of urea groups is 1. The Bertz CT molecular complexity index is 897. The molecule has 3 amide bonds. The van der Waals surface area contributed by atoms with Crippen molar-refractivity contribution in [2.24, 2.45) is 13.0 Å².